The van der Waals surface area contributed by atoms with Crippen LogP contribution >= 0.6 is 0 Å². The van der Waals surface area contributed by atoms with Crippen molar-refractivity contribution in [3.8, 4) is 11.5 Å². The number of benzene rings is 2. The normalized spacial score (nSPS) is 17.4. The number of rotatable bonds is 11. The van der Waals surface area contributed by atoms with Crippen LogP contribution in [0.5, 0.6) is 11.5 Å². The Labute approximate surface area is 200 Å². The maximum Gasteiger partial charge on any atom is 0.295 e. The molecule has 0 aliphatic carbocycles. The molecule has 7 heteroatoms. The number of ether oxygens (including phenoxy) is 3. The van der Waals surface area contributed by atoms with Crippen LogP contribution in [0.4, 0.5) is 0 Å². The minimum Gasteiger partial charge on any atom is -0.507 e. The number of amides is 1. The molecule has 0 spiro atoms. The minimum atomic E-state index is -0.778. The van der Waals surface area contributed by atoms with Crippen molar-refractivity contribution in [1.82, 2.24) is 4.90 Å². The number of likely N-dealkylation sites (tertiary alicyclic amines) is 1. The molecule has 1 atom stereocenters. The highest BCUT2D eigenvalue weighted by Crippen LogP contribution is 2.42. The Kier molecular flexibility index (Phi) is 8.71. The number of nitrogens with zero attached hydrogens (tertiary/aromatic N) is 1. The first-order chi connectivity index (χ1) is 16.4. The van der Waals surface area contributed by atoms with E-state index < -0.39 is 17.7 Å². The molecule has 1 unspecified atom stereocenters. The summed E-state index contributed by atoms with van der Waals surface area (Å²) in [6.45, 7) is 7.58. The zero-order valence-electron chi connectivity index (χ0n) is 20.2. The molecule has 3 rings (SSSR count). The van der Waals surface area contributed by atoms with Gasteiger partial charge < -0.3 is 24.2 Å². The molecule has 0 saturated carbocycles. The summed E-state index contributed by atoms with van der Waals surface area (Å²) in [6.07, 6.45) is 0.904. The van der Waals surface area contributed by atoms with E-state index in [1.54, 1.807) is 36.4 Å². The number of Topliss-reactive ketones (excluding diaryl/α,β-unsaturated/α-hetero) is 1. The second kappa shape index (κ2) is 11.7. The number of hydrogen-bond donors (Lipinski definition) is 1. The molecule has 1 aliphatic rings. The summed E-state index contributed by atoms with van der Waals surface area (Å²) in [6, 6.07) is 13.4. The van der Waals surface area contributed by atoms with Gasteiger partial charge in [-0.15, -0.1) is 0 Å². The van der Waals surface area contributed by atoms with Crippen LogP contribution < -0.4 is 9.47 Å². The summed E-state index contributed by atoms with van der Waals surface area (Å²) in [5, 5.41) is 11.1. The van der Waals surface area contributed by atoms with E-state index in [2.05, 4.69) is 13.8 Å². The van der Waals surface area contributed by atoms with E-state index >= 15 is 0 Å². The van der Waals surface area contributed by atoms with Crippen molar-refractivity contribution in [2.75, 3.05) is 33.5 Å². The lowest BCUT2D eigenvalue weighted by Gasteiger charge is -2.26. The Morgan fingerprint density at radius 2 is 1.76 bits per heavy atom. The topological polar surface area (TPSA) is 85.3 Å². The van der Waals surface area contributed by atoms with Crippen molar-refractivity contribution in [3.05, 3.63) is 65.2 Å². The molecule has 0 radical (unpaired) electrons. The zero-order valence-corrected chi connectivity index (χ0v) is 20.2. The van der Waals surface area contributed by atoms with Crippen molar-refractivity contribution >= 4 is 17.4 Å². The van der Waals surface area contributed by atoms with Gasteiger partial charge in [0.1, 0.15) is 5.76 Å². The maximum absolute atomic E-state index is 13.1. The van der Waals surface area contributed by atoms with Crippen molar-refractivity contribution in [3.63, 3.8) is 0 Å². The predicted octanol–water partition coefficient (Wildman–Crippen LogP) is 4.58. The number of ketones is 1. The molecule has 1 N–H and O–H groups in total. The second-order valence-corrected chi connectivity index (χ2v) is 8.52. The summed E-state index contributed by atoms with van der Waals surface area (Å²) < 4.78 is 16.9. The average Bonchev–Trinajstić information content (AvgIpc) is 3.08. The predicted molar refractivity (Wildman–Crippen MR) is 130 cm³/mol. The van der Waals surface area contributed by atoms with Crippen LogP contribution in [0.25, 0.3) is 5.76 Å². The largest absolute Gasteiger partial charge is 0.507 e. The van der Waals surface area contributed by atoms with Gasteiger partial charge in [-0.2, -0.15) is 0 Å². The van der Waals surface area contributed by atoms with Gasteiger partial charge in [0.15, 0.2) is 11.5 Å². The van der Waals surface area contributed by atoms with Crippen molar-refractivity contribution in [2.24, 2.45) is 5.92 Å². The number of hydrogen-bond acceptors (Lipinski definition) is 6. The molecule has 1 aliphatic heterocycles. The third-order valence-corrected chi connectivity index (χ3v) is 5.66. The van der Waals surface area contributed by atoms with Crippen molar-refractivity contribution in [2.45, 2.75) is 33.2 Å². The van der Waals surface area contributed by atoms with E-state index in [1.807, 2.05) is 19.1 Å². The molecule has 1 amide bonds. The van der Waals surface area contributed by atoms with E-state index in [0.29, 0.717) is 41.8 Å². The molecule has 34 heavy (non-hydrogen) atoms. The van der Waals surface area contributed by atoms with Gasteiger partial charge in [0, 0.05) is 19.2 Å². The average molecular weight is 468 g/mol. The van der Waals surface area contributed by atoms with Crippen LogP contribution in [-0.2, 0) is 14.3 Å². The highest BCUT2D eigenvalue weighted by molar-refractivity contribution is 6.46. The van der Waals surface area contributed by atoms with Crippen molar-refractivity contribution < 1.29 is 28.9 Å². The molecule has 2 aromatic rings. The molecule has 1 fully saturated rings. The SMILES string of the molecule is CCOc1cc(C2/C(=C(\O)c3ccccc3)C(=O)C(=O)N2CCOC)ccc1OCCC(C)C. The fourth-order valence-electron chi connectivity index (χ4n) is 3.89. The van der Waals surface area contributed by atoms with E-state index in [0.717, 1.165) is 6.42 Å². The molecule has 7 nitrogen and oxygen atoms in total. The van der Waals surface area contributed by atoms with E-state index in [9.17, 15) is 14.7 Å². The first-order valence-corrected chi connectivity index (χ1v) is 11.6. The van der Waals surface area contributed by atoms with Crippen LogP contribution in [0.2, 0.25) is 0 Å². The molecule has 2 aromatic carbocycles. The van der Waals surface area contributed by atoms with Gasteiger partial charge in [-0.05, 0) is 37.0 Å². The molecule has 0 bridgehead atoms. The summed E-state index contributed by atoms with van der Waals surface area (Å²) in [7, 11) is 1.53. The number of aliphatic hydroxyl groups excluding tert-OH is 1. The Morgan fingerprint density at radius 1 is 1.03 bits per heavy atom. The zero-order chi connectivity index (χ0) is 24.7. The monoisotopic (exact) mass is 467 g/mol. The van der Waals surface area contributed by atoms with Crippen LogP contribution in [0, 0.1) is 5.92 Å². The number of carbonyl (C=O) groups excluding carboxylic acids is 2. The van der Waals surface area contributed by atoms with Gasteiger partial charge in [0.25, 0.3) is 11.7 Å². The first kappa shape index (κ1) is 25.3. The second-order valence-electron chi connectivity index (χ2n) is 8.52. The molecule has 1 heterocycles. The Hall–Kier alpha value is -3.32. The number of carbonyl (C=O) groups is 2. The number of aliphatic hydroxyl groups is 1. The van der Waals surface area contributed by atoms with Gasteiger partial charge in [-0.25, -0.2) is 0 Å². The summed E-state index contributed by atoms with van der Waals surface area (Å²) in [4.78, 5) is 27.4. The Morgan fingerprint density at radius 3 is 2.41 bits per heavy atom. The summed E-state index contributed by atoms with van der Waals surface area (Å²) in [5.74, 6) is 0.0313. The summed E-state index contributed by atoms with van der Waals surface area (Å²) >= 11 is 0. The van der Waals surface area contributed by atoms with Crippen LogP contribution in [-0.4, -0.2) is 55.2 Å². The quantitative estimate of drug-likeness (QED) is 0.296. The maximum atomic E-state index is 13.1. The van der Waals surface area contributed by atoms with Gasteiger partial charge in [0.05, 0.1) is 31.4 Å². The van der Waals surface area contributed by atoms with Crippen LogP contribution in [0.15, 0.2) is 54.1 Å². The molecule has 0 aromatic heterocycles. The van der Waals surface area contributed by atoms with Crippen molar-refractivity contribution in [1.29, 1.82) is 0 Å². The smallest absolute Gasteiger partial charge is 0.295 e. The molecular formula is C27H33NO6. The highest BCUT2D eigenvalue weighted by atomic mass is 16.5. The van der Waals surface area contributed by atoms with Crippen LogP contribution in [0.3, 0.4) is 0 Å². The fraction of sp³-hybridized carbons (Fsp3) is 0.407. The fourth-order valence-corrected chi connectivity index (χ4v) is 3.89. The third-order valence-electron chi connectivity index (χ3n) is 5.66. The van der Waals surface area contributed by atoms with Gasteiger partial charge in [0.2, 0.25) is 0 Å². The third kappa shape index (κ3) is 5.59. The molecule has 182 valence electrons. The van der Waals surface area contributed by atoms with Gasteiger partial charge >= 0.3 is 0 Å². The first-order valence-electron chi connectivity index (χ1n) is 11.6. The van der Waals surface area contributed by atoms with Gasteiger partial charge in [-0.1, -0.05) is 50.2 Å². The Bertz CT molecular complexity index is 1030. The summed E-state index contributed by atoms with van der Waals surface area (Å²) in [5.41, 5.74) is 1.16. The van der Waals surface area contributed by atoms with Gasteiger partial charge in [-0.3, -0.25) is 9.59 Å². The van der Waals surface area contributed by atoms with E-state index in [4.69, 9.17) is 14.2 Å². The van der Waals surface area contributed by atoms with E-state index in [-0.39, 0.29) is 24.5 Å². The lowest BCUT2D eigenvalue weighted by Crippen LogP contribution is -2.32. The van der Waals surface area contributed by atoms with Crippen LogP contribution in [0.1, 0.15) is 44.4 Å². The molecular weight excluding hydrogens is 434 g/mol. The highest BCUT2D eigenvalue weighted by Gasteiger charge is 2.46. The minimum absolute atomic E-state index is 0.0447. The van der Waals surface area contributed by atoms with E-state index in [1.165, 1.54) is 12.0 Å². The molecule has 1 saturated heterocycles. The standard InChI is InChI=1S/C27H33NO6/c1-5-33-22-17-20(11-12-21(22)34-15-13-18(2)3)24-23(25(29)19-9-7-6-8-10-19)26(30)27(31)28(24)14-16-32-4/h6-12,17-18,24,29H,5,13-16H2,1-4H3/b25-23+. The Balaban J connectivity index is 2.08. The number of methoxy groups -OCH3 is 1. The lowest BCUT2D eigenvalue weighted by molar-refractivity contribution is -0.140. The lowest BCUT2D eigenvalue weighted by atomic mass is 9.95.